The summed E-state index contributed by atoms with van der Waals surface area (Å²) >= 11 is 0. The molecule has 0 atom stereocenters. The van der Waals surface area contributed by atoms with Crippen LogP contribution < -0.4 is 10.6 Å². The molecule has 3 aromatic rings. The lowest BCUT2D eigenvalue weighted by atomic mass is 10.1. The predicted molar refractivity (Wildman–Crippen MR) is 94.9 cm³/mol. The Morgan fingerprint density at radius 1 is 0.880 bits per heavy atom. The van der Waals surface area contributed by atoms with Crippen molar-refractivity contribution in [3.63, 3.8) is 0 Å². The number of aryl methyl sites for hydroxylation is 2. The van der Waals surface area contributed by atoms with Crippen molar-refractivity contribution in [1.82, 2.24) is 9.97 Å². The van der Waals surface area contributed by atoms with Crippen LogP contribution in [0.2, 0.25) is 0 Å². The van der Waals surface area contributed by atoms with Gasteiger partial charge < -0.3 is 10.6 Å². The average molecular weight is 340 g/mol. The topological polar surface area (TPSA) is 49.8 Å². The Balaban J connectivity index is 1.73. The molecule has 0 fully saturated rings. The van der Waals surface area contributed by atoms with Gasteiger partial charge in [-0.25, -0.2) is 13.8 Å². The summed E-state index contributed by atoms with van der Waals surface area (Å²) in [6.45, 7) is 4.51. The molecular formula is C19H18F2N4. The molecule has 0 aliphatic rings. The fourth-order valence-electron chi connectivity index (χ4n) is 2.32. The maximum Gasteiger partial charge on any atom is 0.229 e. The maximum absolute atomic E-state index is 13.3. The van der Waals surface area contributed by atoms with E-state index in [0.717, 1.165) is 23.4 Å². The van der Waals surface area contributed by atoms with Gasteiger partial charge in [0.25, 0.3) is 0 Å². The van der Waals surface area contributed by atoms with Gasteiger partial charge in [0.15, 0.2) is 11.6 Å². The summed E-state index contributed by atoms with van der Waals surface area (Å²) in [7, 11) is 0. The Bertz CT molecular complexity index is 879. The lowest BCUT2D eigenvalue weighted by Crippen LogP contribution is -2.06. The van der Waals surface area contributed by atoms with Crippen molar-refractivity contribution in [3.8, 4) is 0 Å². The summed E-state index contributed by atoms with van der Waals surface area (Å²) in [5, 5.41) is 6.13. The van der Waals surface area contributed by atoms with Crippen LogP contribution in [0.15, 0.2) is 48.5 Å². The van der Waals surface area contributed by atoms with E-state index in [4.69, 9.17) is 0 Å². The van der Waals surface area contributed by atoms with Gasteiger partial charge in [-0.15, -0.1) is 0 Å². The molecule has 0 saturated heterocycles. The monoisotopic (exact) mass is 340 g/mol. The Hall–Kier alpha value is -3.02. The molecule has 2 aromatic carbocycles. The highest BCUT2D eigenvalue weighted by atomic mass is 19.2. The Labute approximate surface area is 145 Å². The van der Waals surface area contributed by atoms with Crippen molar-refractivity contribution in [2.24, 2.45) is 0 Å². The maximum atomic E-state index is 13.3. The molecule has 0 aliphatic heterocycles. The smallest absolute Gasteiger partial charge is 0.229 e. The Kier molecular flexibility index (Phi) is 4.88. The van der Waals surface area contributed by atoms with Crippen LogP contribution in [-0.4, -0.2) is 9.97 Å². The molecule has 0 amide bonds. The summed E-state index contributed by atoms with van der Waals surface area (Å²) in [4.78, 5) is 8.63. The SMILES string of the molecule is Cc1ccc(CNc2cc(C)nc(Nc3ccc(F)c(F)c3)n2)cc1. The zero-order chi connectivity index (χ0) is 17.8. The van der Waals surface area contributed by atoms with E-state index in [9.17, 15) is 8.78 Å². The molecule has 25 heavy (non-hydrogen) atoms. The fraction of sp³-hybridized carbons (Fsp3) is 0.158. The molecule has 1 aromatic heterocycles. The van der Waals surface area contributed by atoms with Gasteiger partial charge in [0.05, 0.1) is 0 Å². The number of rotatable bonds is 5. The molecular weight excluding hydrogens is 322 g/mol. The first-order valence-electron chi connectivity index (χ1n) is 7.87. The molecule has 4 nitrogen and oxygen atoms in total. The molecule has 0 saturated carbocycles. The normalized spacial score (nSPS) is 10.6. The van der Waals surface area contributed by atoms with E-state index >= 15 is 0 Å². The van der Waals surface area contributed by atoms with Gasteiger partial charge in [0.2, 0.25) is 5.95 Å². The highest BCUT2D eigenvalue weighted by Gasteiger charge is 2.06. The molecule has 0 spiro atoms. The Morgan fingerprint density at radius 3 is 2.36 bits per heavy atom. The van der Waals surface area contributed by atoms with E-state index in [1.165, 1.54) is 11.6 Å². The highest BCUT2D eigenvalue weighted by Crippen LogP contribution is 2.18. The number of halogens is 2. The van der Waals surface area contributed by atoms with E-state index in [2.05, 4.69) is 44.9 Å². The number of hydrogen-bond acceptors (Lipinski definition) is 4. The standard InChI is InChI=1S/C19H18F2N4/c1-12-3-5-14(6-4-12)11-22-18-9-13(2)23-19(25-18)24-15-7-8-16(20)17(21)10-15/h3-10H,11H2,1-2H3,(H2,22,23,24,25). The van der Waals surface area contributed by atoms with Crippen molar-refractivity contribution in [2.75, 3.05) is 10.6 Å². The average Bonchev–Trinajstić information content (AvgIpc) is 2.57. The molecule has 128 valence electrons. The van der Waals surface area contributed by atoms with Crippen molar-refractivity contribution in [3.05, 3.63) is 77.0 Å². The van der Waals surface area contributed by atoms with Crippen molar-refractivity contribution < 1.29 is 8.78 Å². The number of hydrogen-bond donors (Lipinski definition) is 2. The molecule has 1 heterocycles. The molecule has 3 rings (SSSR count). The van der Waals surface area contributed by atoms with E-state index in [0.29, 0.717) is 24.0 Å². The summed E-state index contributed by atoms with van der Waals surface area (Å²) in [6, 6.07) is 13.6. The van der Waals surface area contributed by atoms with Crippen LogP contribution in [-0.2, 0) is 6.54 Å². The number of aromatic nitrogens is 2. The largest absolute Gasteiger partial charge is 0.366 e. The third-order valence-corrected chi connectivity index (χ3v) is 3.62. The van der Waals surface area contributed by atoms with E-state index in [1.54, 1.807) is 0 Å². The second kappa shape index (κ2) is 7.25. The van der Waals surface area contributed by atoms with Gasteiger partial charge in [0, 0.05) is 30.1 Å². The minimum atomic E-state index is -0.921. The van der Waals surface area contributed by atoms with Gasteiger partial charge in [-0.1, -0.05) is 29.8 Å². The lowest BCUT2D eigenvalue weighted by Gasteiger charge is -2.10. The number of anilines is 3. The summed E-state index contributed by atoms with van der Waals surface area (Å²) < 4.78 is 26.3. The summed E-state index contributed by atoms with van der Waals surface area (Å²) in [6.07, 6.45) is 0. The van der Waals surface area contributed by atoms with Crippen LogP contribution in [0.5, 0.6) is 0 Å². The Morgan fingerprint density at radius 2 is 1.64 bits per heavy atom. The zero-order valence-corrected chi connectivity index (χ0v) is 14.0. The van der Waals surface area contributed by atoms with Gasteiger partial charge in [-0.3, -0.25) is 0 Å². The summed E-state index contributed by atoms with van der Waals surface area (Å²) in [5.41, 5.74) is 3.48. The first kappa shape index (κ1) is 16.8. The van der Waals surface area contributed by atoms with Crippen molar-refractivity contribution in [1.29, 1.82) is 0 Å². The van der Waals surface area contributed by atoms with E-state index in [1.807, 2.05) is 19.9 Å². The van der Waals surface area contributed by atoms with Crippen LogP contribution in [0, 0.1) is 25.5 Å². The van der Waals surface area contributed by atoms with E-state index in [-0.39, 0.29) is 0 Å². The number of nitrogens with one attached hydrogen (secondary N) is 2. The molecule has 0 bridgehead atoms. The van der Waals surface area contributed by atoms with Gasteiger partial charge in [-0.05, 0) is 31.5 Å². The third-order valence-electron chi connectivity index (χ3n) is 3.62. The minimum Gasteiger partial charge on any atom is -0.366 e. The highest BCUT2D eigenvalue weighted by molar-refractivity contribution is 5.55. The zero-order valence-electron chi connectivity index (χ0n) is 14.0. The first-order valence-corrected chi connectivity index (χ1v) is 7.87. The van der Waals surface area contributed by atoms with Crippen molar-refractivity contribution in [2.45, 2.75) is 20.4 Å². The molecule has 0 radical (unpaired) electrons. The fourth-order valence-corrected chi connectivity index (χ4v) is 2.32. The predicted octanol–water partition coefficient (Wildman–Crippen LogP) is 4.73. The van der Waals surface area contributed by atoms with Crippen LogP contribution >= 0.6 is 0 Å². The number of nitrogens with zero attached hydrogens (tertiary/aromatic N) is 2. The molecule has 0 unspecified atom stereocenters. The van der Waals surface area contributed by atoms with Crippen LogP contribution in [0.1, 0.15) is 16.8 Å². The van der Waals surface area contributed by atoms with Crippen LogP contribution in [0.25, 0.3) is 0 Å². The second-order valence-corrected chi connectivity index (χ2v) is 5.81. The number of benzene rings is 2. The van der Waals surface area contributed by atoms with Crippen LogP contribution in [0.3, 0.4) is 0 Å². The quantitative estimate of drug-likeness (QED) is 0.705. The first-order chi connectivity index (χ1) is 12.0. The lowest BCUT2D eigenvalue weighted by molar-refractivity contribution is 0.509. The van der Waals surface area contributed by atoms with Gasteiger partial charge in [0.1, 0.15) is 5.82 Å². The second-order valence-electron chi connectivity index (χ2n) is 5.81. The molecule has 2 N–H and O–H groups in total. The van der Waals surface area contributed by atoms with Crippen molar-refractivity contribution >= 4 is 17.5 Å². The van der Waals surface area contributed by atoms with Gasteiger partial charge in [-0.2, -0.15) is 4.98 Å². The molecule has 6 heteroatoms. The minimum absolute atomic E-state index is 0.317. The molecule has 0 aliphatic carbocycles. The van der Waals surface area contributed by atoms with Gasteiger partial charge >= 0.3 is 0 Å². The summed E-state index contributed by atoms with van der Waals surface area (Å²) in [5.74, 6) is -0.845. The van der Waals surface area contributed by atoms with Crippen LogP contribution in [0.4, 0.5) is 26.2 Å². The third kappa shape index (κ3) is 4.50. The van der Waals surface area contributed by atoms with E-state index < -0.39 is 11.6 Å².